The maximum Gasteiger partial charge on any atom is 0.293 e. The van der Waals surface area contributed by atoms with Crippen LogP contribution in [0.2, 0.25) is 0 Å². The summed E-state index contributed by atoms with van der Waals surface area (Å²) in [6.45, 7) is 3.57. The molecule has 1 aromatic carbocycles. The molecule has 0 radical (unpaired) electrons. The summed E-state index contributed by atoms with van der Waals surface area (Å²) in [5, 5.41) is 8.47. The third-order valence-electron chi connectivity index (χ3n) is 4.50. The van der Waals surface area contributed by atoms with E-state index in [9.17, 15) is 9.59 Å². The summed E-state index contributed by atoms with van der Waals surface area (Å²) in [6.07, 6.45) is 0. The molecule has 0 aliphatic carbocycles. The highest BCUT2D eigenvalue weighted by Crippen LogP contribution is 2.30. The second-order valence-electron chi connectivity index (χ2n) is 6.59. The highest BCUT2D eigenvalue weighted by molar-refractivity contribution is 7.14. The maximum absolute atomic E-state index is 12.7. The van der Waals surface area contributed by atoms with Crippen molar-refractivity contribution in [2.24, 2.45) is 0 Å². The minimum atomic E-state index is -0.380. The van der Waals surface area contributed by atoms with Crippen LogP contribution in [0.1, 0.15) is 28.8 Å². The van der Waals surface area contributed by atoms with Gasteiger partial charge in [0.05, 0.1) is 13.7 Å². The molecule has 0 bridgehead atoms. The van der Waals surface area contributed by atoms with E-state index in [2.05, 4.69) is 15.6 Å². The standard InChI is InChI=1S/C21H19N3O5S/c1-11-15-8-13(27-3)4-6-17(15)29-19(11)20(26)24-21-23-16(10-30-21)18-7-5-14(28-18)9-22-12(2)25/h4-8,10H,9H2,1-3H3,(H,22,25)(H,23,24,26). The van der Waals surface area contributed by atoms with E-state index in [0.717, 1.165) is 10.9 Å². The zero-order chi connectivity index (χ0) is 21.3. The molecule has 0 saturated carbocycles. The molecule has 0 spiro atoms. The topological polar surface area (TPSA) is 107 Å². The Balaban J connectivity index is 1.50. The lowest BCUT2D eigenvalue weighted by Gasteiger charge is -1.99. The maximum atomic E-state index is 12.7. The van der Waals surface area contributed by atoms with E-state index in [-0.39, 0.29) is 17.6 Å². The van der Waals surface area contributed by atoms with Gasteiger partial charge in [-0.15, -0.1) is 11.3 Å². The molecule has 30 heavy (non-hydrogen) atoms. The number of rotatable bonds is 6. The van der Waals surface area contributed by atoms with Gasteiger partial charge in [-0.05, 0) is 37.3 Å². The van der Waals surface area contributed by atoms with Crippen molar-refractivity contribution in [3.05, 3.63) is 52.8 Å². The van der Waals surface area contributed by atoms with Gasteiger partial charge in [-0.1, -0.05) is 0 Å². The molecule has 4 aromatic rings. The number of hydrogen-bond donors (Lipinski definition) is 2. The molecule has 3 aromatic heterocycles. The van der Waals surface area contributed by atoms with Crippen molar-refractivity contribution in [1.82, 2.24) is 10.3 Å². The first-order valence-corrected chi connectivity index (χ1v) is 10.00. The molecule has 154 valence electrons. The average Bonchev–Trinajstić information content (AvgIpc) is 3.45. The van der Waals surface area contributed by atoms with E-state index in [1.807, 2.05) is 13.0 Å². The zero-order valence-corrected chi connectivity index (χ0v) is 17.4. The van der Waals surface area contributed by atoms with E-state index in [4.69, 9.17) is 13.6 Å². The predicted octanol–water partition coefficient (Wildman–Crippen LogP) is 4.35. The average molecular weight is 425 g/mol. The number of aryl methyl sites for hydroxylation is 1. The second kappa shape index (κ2) is 8.03. The number of anilines is 1. The molecule has 2 N–H and O–H groups in total. The summed E-state index contributed by atoms with van der Waals surface area (Å²) in [4.78, 5) is 28.1. The Morgan fingerprint density at radius 1 is 1.20 bits per heavy atom. The molecular weight excluding hydrogens is 406 g/mol. The van der Waals surface area contributed by atoms with Crippen LogP contribution in [-0.4, -0.2) is 23.9 Å². The zero-order valence-electron chi connectivity index (χ0n) is 16.6. The Morgan fingerprint density at radius 3 is 2.80 bits per heavy atom. The number of nitrogens with one attached hydrogen (secondary N) is 2. The number of carbonyl (C=O) groups is 2. The van der Waals surface area contributed by atoms with Crippen molar-refractivity contribution in [1.29, 1.82) is 0 Å². The fourth-order valence-corrected chi connectivity index (χ4v) is 3.66. The van der Waals surface area contributed by atoms with Gasteiger partial charge in [0.2, 0.25) is 5.91 Å². The Bertz CT molecular complexity index is 1240. The number of methoxy groups -OCH3 is 1. The summed E-state index contributed by atoms with van der Waals surface area (Å²) in [6, 6.07) is 8.93. The normalized spacial score (nSPS) is 10.9. The summed E-state index contributed by atoms with van der Waals surface area (Å²) in [7, 11) is 1.59. The van der Waals surface area contributed by atoms with Crippen LogP contribution in [0.15, 0.2) is 44.5 Å². The Kier molecular flexibility index (Phi) is 5.28. The highest BCUT2D eigenvalue weighted by Gasteiger charge is 2.20. The highest BCUT2D eigenvalue weighted by atomic mass is 32.1. The number of ether oxygens (including phenoxy) is 1. The molecule has 8 nitrogen and oxygen atoms in total. The first kappa shape index (κ1) is 19.7. The lowest BCUT2D eigenvalue weighted by atomic mass is 10.1. The van der Waals surface area contributed by atoms with E-state index < -0.39 is 0 Å². The van der Waals surface area contributed by atoms with Crippen molar-refractivity contribution in [3.8, 4) is 17.2 Å². The summed E-state index contributed by atoms with van der Waals surface area (Å²) >= 11 is 1.28. The Labute approximate surface area is 175 Å². The fourth-order valence-electron chi connectivity index (χ4n) is 2.96. The SMILES string of the molecule is COc1ccc2oc(C(=O)Nc3nc(-c4ccc(CNC(C)=O)o4)cs3)c(C)c2c1. The Morgan fingerprint density at radius 2 is 2.03 bits per heavy atom. The van der Waals surface area contributed by atoms with Crippen LogP contribution in [0.25, 0.3) is 22.4 Å². The minimum absolute atomic E-state index is 0.133. The third-order valence-corrected chi connectivity index (χ3v) is 5.26. The van der Waals surface area contributed by atoms with Gasteiger partial charge in [-0.2, -0.15) is 0 Å². The number of benzene rings is 1. The van der Waals surface area contributed by atoms with E-state index >= 15 is 0 Å². The first-order valence-electron chi connectivity index (χ1n) is 9.12. The van der Waals surface area contributed by atoms with Gasteiger partial charge >= 0.3 is 0 Å². The number of hydrogen-bond acceptors (Lipinski definition) is 7. The van der Waals surface area contributed by atoms with Gasteiger partial charge < -0.3 is 18.9 Å². The molecule has 0 aliphatic rings. The first-order chi connectivity index (χ1) is 14.4. The van der Waals surface area contributed by atoms with E-state index in [1.165, 1.54) is 18.3 Å². The van der Waals surface area contributed by atoms with Crippen molar-refractivity contribution in [3.63, 3.8) is 0 Å². The van der Waals surface area contributed by atoms with Crippen molar-refractivity contribution in [2.45, 2.75) is 20.4 Å². The molecule has 0 atom stereocenters. The van der Waals surface area contributed by atoms with Gasteiger partial charge in [0.1, 0.15) is 22.8 Å². The quantitative estimate of drug-likeness (QED) is 0.476. The summed E-state index contributed by atoms with van der Waals surface area (Å²) in [5.74, 6) is 1.58. The molecule has 0 unspecified atom stereocenters. The van der Waals surface area contributed by atoms with E-state index in [1.54, 1.807) is 36.8 Å². The van der Waals surface area contributed by atoms with Gasteiger partial charge in [-0.3, -0.25) is 14.9 Å². The summed E-state index contributed by atoms with van der Waals surface area (Å²) in [5.41, 5.74) is 1.93. The molecule has 0 saturated heterocycles. The number of fused-ring (bicyclic) bond motifs is 1. The molecule has 0 fully saturated rings. The second-order valence-corrected chi connectivity index (χ2v) is 7.44. The molecule has 3 heterocycles. The molecule has 0 aliphatic heterocycles. The largest absolute Gasteiger partial charge is 0.497 e. The number of aromatic nitrogens is 1. The lowest BCUT2D eigenvalue weighted by molar-refractivity contribution is -0.119. The lowest BCUT2D eigenvalue weighted by Crippen LogP contribution is -2.18. The van der Waals surface area contributed by atoms with Crippen LogP contribution in [0.3, 0.4) is 0 Å². The van der Waals surface area contributed by atoms with Crippen LogP contribution in [0.5, 0.6) is 5.75 Å². The fraction of sp³-hybridized carbons (Fsp3) is 0.190. The molecular formula is C21H19N3O5S. The number of carbonyl (C=O) groups excluding carboxylic acids is 2. The molecule has 2 amide bonds. The number of nitrogens with zero attached hydrogens (tertiary/aromatic N) is 1. The molecule has 9 heteroatoms. The van der Waals surface area contributed by atoms with Crippen LogP contribution in [0.4, 0.5) is 5.13 Å². The van der Waals surface area contributed by atoms with Crippen LogP contribution < -0.4 is 15.4 Å². The minimum Gasteiger partial charge on any atom is -0.497 e. The van der Waals surface area contributed by atoms with Crippen molar-refractivity contribution in [2.75, 3.05) is 12.4 Å². The van der Waals surface area contributed by atoms with Crippen LogP contribution in [-0.2, 0) is 11.3 Å². The van der Waals surface area contributed by atoms with E-state index in [0.29, 0.717) is 40.2 Å². The van der Waals surface area contributed by atoms with Crippen LogP contribution >= 0.6 is 11.3 Å². The monoisotopic (exact) mass is 425 g/mol. The smallest absolute Gasteiger partial charge is 0.293 e. The number of amides is 2. The third kappa shape index (κ3) is 3.92. The van der Waals surface area contributed by atoms with Crippen molar-refractivity contribution < 1.29 is 23.2 Å². The molecule has 4 rings (SSSR count). The van der Waals surface area contributed by atoms with Gasteiger partial charge in [-0.25, -0.2) is 4.98 Å². The number of furan rings is 2. The van der Waals surface area contributed by atoms with Gasteiger partial charge in [0, 0.05) is 23.3 Å². The number of thiazole rings is 1. The van der Waals surface area contributed by atoms with Crippen LogP contribution in [0, 0.1) is 6.92 Å². The predicted molar refractivity (Wildman–Crippen MR) is 113 cm³/mol. The summed E-state index contributed by atoms with van der Waals surface area (Å²) < 4.78 is 16.7. The Hall–Kier alpha value is -3.59. The van der Waals surface area contributed by atoms with Crippen molar-refractivity contribution >= 4 is 39.3 Å². The van der Waals surface area contributed by atoms with Gasteiger partial charge in [0.25, 0.3) is 5.91 Å². The van der Waals surface area contributed by atoms with Gasteiger partial charge in [0.15, 0.2) is 16.7 Å².